The molecule has 2 aromatic rings. The van der Waals surface area contributed by atoms with Crippen LogP contribution >= 0.6 is 0 Å². The van der Waals surface area contributed by atoms with E-state index in [1.807, 2.05) is 37.3 Å². The zero-order chi connectivity index (χ0) is 14.8. The van der Waals surface area contributed by atoms with Gasteiger partial charge in [0.05, 0.1) is 4.90 Å². The molecule has 2 aromatic carbocycles. The molecular weight excluding hydrogens is 272 g/mol. The fourth-order valence-corrected chi connectivity index (χ4v) is 2.97. The summed E-state index contributed by atoms with van der Waals surface area (Å²) in [7, 11) is -4.26. The second-order valence-electron chi connectivity index (χ2n) is 4.64. The Bertz CT molecular complexity index is 719. The molecule has 104 valence electrons. The van der Waals surface area contributed by atoms with Gasteiger partial charge in [0.2, 0.25) is 0 Å². The van der Waals surface area contributed by atoms with Gasteiger partial charge in [0.15, 0.2) is 0 Å². The minimum atomic E-state index is -4.26. The molecule has 20 heavy (non-hydrogen) atoms. The Labute approximate surface area is 119 Å². The van der Waals surface area contributed by atoms with Crippen molar-refractivity contribution in [2.45, 2.75) is 17.7 Å². The van der Waals surface area contributed by atoms with E-state index >= 15 is 0 Å². The first kappa shape index (κ1) is 14.5. The van der Waals surface area contributed by atoms with Crippen LogP contribution in [0, 0.1) is 6.92 Å². The van der Waals surface area contributed by atoms with Crippen LogP contribution in [0.25, 0.3) is 0 Å². The van der Waals surface area contributed by atoms with Gasteiger partial charge in [-0.05, 0) is 24.1 Å². The van der Waals surface area contributed by atoms with Crippen molar-refractivity contribution >= 4 is 10.1 Å². The van der Waals surface area contributed by atoms with E-state index in [9.17, 15) is 13.0 Å². The Morgan fingerprint density at radius 2 is 1.80 bits per heavy atom. The Kier molecular flexibility index (Phi) is 4.06. The van der Waals surface area contributed by atoms with Crippen LogP contribution in [0.1, 0.15) is 22.6 Å². The summed E-state index contributed by atoms with van der Waals surface area (Å²) in [5.41, 5.74) is 2.39. The van der Waals surface area contributed by atoms with Crippen molar-refractivity contribution in [3.05, 3.63) is 77.9 Å². The monoisotopic (exact) mass is 288 g/mol. The number of rotatable bonds is 4. The van der Waals surface area contributed by atoms with Gasteiger partial charge in [-0.25, -0.2) is 0 Å². The van der Waals surface area contributed by atoms with Gasteiger partial charge in [0.25, 0.3) is 10.1 Å². The molecule has 1 N–H and O–H groups in total. The molecular formula is C16H16O3S. The maximum Gasteiger partial charge on any atom is 0.294 e. The smallest absolute Gasteiger partial charge is 0.282 e. The third-order valence-corrected chi connectivity index (χ3v) is 4.10. The van der Waals surface area contributed by atoms with E-state index in [1.165, 1.54) is 6.07 Å². The van der Waals surface area contributed by atoms with Crippen LogP contribution in [0.3, 0.4) is 0 Å². The van der Waals surface area contributed by atoms with E-state index in [-0.39, 0.29) is 10.8 Å². The molecule has 4 heteroatoms. The number of benzene rings is 2. The molecule has 0 amide bonds. The van der Waals surface area contributed by atoms with Gasteiger partial charge in [-0.1, -0.05) is 54.1 Å². The lowest BCUT2D eigenvalue weighted by molar-refractivity contribution is 0.482. The largest absolute Gasteiger partial charge is 0.294 e. The predicted molar refractivity (Wildman–Crippen MR) is 79.5 cm³/mol. The van der Waals surface area contributed by atoms with Gasteiger partial charge in [-0.3, -0.25) is 4.55 Å². The summed E-state index contributed by atoms with van der Waals surface area (Å²) in [5, 5.41) is 0. The summed E-state index contributed by atoms with van der Waals surface area (Å²) in [6.07, 6.45) is 1.68. The normalized spacial score (nSPS) is 12.9. The average Bonchev–Trinajstić information content (AvgIpc) is 2.39. The molecule has 0 saturated carbocycles. The lowest BCUT2D eigenvalue weighted by atomic mass is 9.90. The second kappa shape index (κ2) is 5.61. The van der Waals surface area contributed by atoms with Crippen LogP contribution in [-0.4, -0.2) is 13.0 Å². The number of hydrogen-bond donors (Lipinski definition) is 1. The van der Waals surface area contributed by atoms with E-state index in [0.29, 0.717) is 5.56 Å². The molecule has 0 aliphatic rings. The molecule has 0 radical (unpaired) electrons. The average molecular weight is 288 g/mol. The summed E-state index contributed by atoms with van der Waals surface area (Å²) in [6, 6.07) is 14.3. The zero-order valence-corrected chi connectivity index (χ0v) is 12.0. The highest BCUT2D eigenvalue weighted by atomic mass is 32.2. The van der Waals surface area contributed by atoms with E-state index < -0.39 is 10.1 Å². The Hall–Kier alpha value is -1.91. The highest BCUT2D eigenvalue weighted by molar-refractivity contribution is 7.85. The highest BCUT2D eigenvalue weighted by Gasteiger charge is 2.21. The van der Waals surface area contributed by atoms with Crippen LogP contribution in [0.5, 0.6) is 0 Å². The van der Waals surface area contributed by atoms with Crippen LogP contribution in [-0.2, 0) is 10.1 Å². The fraction of sp³-hybridized carbons (Fsp3) is 0.125. The Morgan fingerprint density at radius 1 is 1.15 bits per heavy atom. The molecule has 0 bridgehead atoms. The van der Waals surface area contributed by atoms with Gasteiger partial charge in [-0.2, -0.15) is 8.42 Å². The van der Waals surface area contributed by atoms with Gasteiger partial charge >= 0.3 is 0 Å². The summed E-state index contributed by atoms with van der Waals surface area (Å²) in [5.74, 6) is -0.284. The SMILES string of the molecule is C=CC(c1ccccc1)c1cc(C)ccc1S(=O)(=O)O. The van der Waals surface area contributed by atoms with Crippen LogP contribution < -0.4 is 0 Å². The summed E-state index contributed by atoms with van der Waals surface area (Å²) in [6.45, 7) is 5.67. The van der Waals surface area contributed by atoms with Crippen molar-refractivity contribution in [1.29, 1.82) is 0 Å². The van der Waals surface area contributed by atoms with E-state index in [0.717, 1.165) is 11.1 Å². The van der Waals surface area contributed by atoms with Gasteiger partial charge in [0.1, 0.15) is 0 Å². The molecule has 0 aromatic heterocycles. The van der Waals surface area contributed by atoms with Crippen LogP contribution in [0.4, 0.5) is 0 Å². The molecule has 0 saturated heterocycles. The first-order chi connectivity index (χ1) is 9.43. The quantitative estimate of drug-likeness (QED) is 0.691. The lowest BCUT2D eigenvalue weighted by Gasteiger charge is -2.17. The molecule has 0 aliphatic heterocycles. The maximum atomic E-state index is 11.5. The Morgan fingerprint density at radius 3 is 2.35 bits per heavy atom. The third-order valence-electron chi connectivity index (χ3n) is 3.17. The molecule has 2 rings (SSSR count). The van der Waals surface area contributed by atoms with Crippen molar-refractivity contribution in [1.82, 2.24) is 0 Å². The number of hydrogen-bond acceptors (Lipinski definition) is 2. The lowest BCUT2D eigenvalue weighted by Crippen LogP contribution is -2.07. The molecule has 3 nitrogen and oxygen atoms in total. The first-order valence-electron chi connectivity index (χ1n) is 6.19. The van der Waals surface area contributed by atoms with Crippen molar-refractivity contribution in [3.8, 4) is 0 Å². The predicted octanol–water partition coefficient (Wildman–Crippen LogP) is 3.56. The van der Waals surface area contributed by atoms with E-state index in [1.54, 1.807) is 18.2 Å². The Balaban J connectivity index is 2.66. The molecule has 1 atom stereocenters. The van der Waals surface area contributed by atoms with Crippen LogP contribution in [0.2, 0.25) is 0 Å². The minimum absolute atomic E-state index is 0.0724. The maximum absolute atomic E-state index is 11.5. The first-order valence-corrected chi connectivity index (χ1v) is 7.63. The van der Waals surface area contributed by atoms with Crippen molar-refractivity contribution < 1.29 is 13.0 Å². The molecule has 1 unspecified atom stereocenters. The standard InChI is InChI=1S/C16H16O3S/c1-3-14(13-7-5-4-6-8-13)15-11-12(2)9-10-16(15)20(17,18)19/h3-11,14H,1H2,2H3,(H,17,18,19). The van der Waals surface area contributed by atoms with Crippen molar-refractivity contribution in [2.75, 3.05) is 0 Å². The van der Waals surface area contributed by atoms with E-state index in [2.05, 4.69) is 6.58 Å². The van der Waals surface area contributed by atoms with Gasteiger partial charge in [0, 0.05) is 5.92 Å². The number of aryl methyl sites for hydroxylation is 1. The van der Waals surface area contributed by atoms with Gasteiger partial charge in [-0.15, -0.1) is 6.58 Å². The molecule has 0 heterocycles. The highest BCUT2D eigenvalue weighted by Crippen LogP contribution is 2.31. The van der Waals surface area contributed by atoms with Crippen LogP contribution in [0.15, 0.2) is 66.1 Å². The molecule has 0 fully saturated rings. The topological polar surface area (TPSA) is 54.4 Å². The number of allylic oxidation sites excluding steroid dienone is 1. The van der Waals surface area contributed by atoms with Gasteiger partial charge < -0.3 is 0 Å². The second-order valence-corrected chi connectivity index (χ2v) is 6.03. The summed E-state index contributed by atoms with van der Waals surface area (Å²) >= 11 is 0. The van der Waals surface area contributed by atoms with Crippen molar-refractivity contribution in [3.63, 3.8) is 0 Å². The van der Waals surface area contributed by atoms with Crippen molar-refractivity contribution in [2.24, 2.45) is 0 Å². The minimum Gasteiger partial charge on any atom is -0.282 e. The summed E-state index contributed by atoms with van der Waals surface area (Å²) in [4.78, 5) is -0.0724. The zero-order valence-electron chi connectivity index (χ0n) is 11.2. The molecule has 0 aliphatic carbocycles. The molecule has 0 spiro atoms. The van der Waals surface area contributed by atoms with E-state index in [4.69, 9.17) is 0 Å². The summed E-state index contributed by atoms with van der Waals surface area (Å²) < 4.78 is 32.5. The third kappa shape index (κ3) is 2.98. The fourth-order valence-electron chi connectivity index (χ4n) is 2.25.